The van der Waals surface area contributed by atoms with E-state index in [9.17, 15) is 4.79 Å². The van der Waals surface area contributed by atoms with Gasteiger partial charge in [-0.05, 0) is 36.8 Å². The molecule has 5 heteroatoms. The number of methoxy groups -OCH3 is 1. The highest BCUT2D eigenvalue weighted by atomic mass is 16.7. The van der Waals surface area contributed by atoms with Crippen molar-refractivity contribution in [2.24, 2.45) is 0 Å². The maximum atomic E-state index is 12.3. The van der Waals surface area contributed by atoms with Gasteiger partial charge in [0.1, 0.15) is 0 Å². The summed E-state index contributed by atoms with van der Waals surface area (Å²) in [5.41, 5.74) is 2.14. The third-order valence-corrected chi connectivity index (χ3v) is 4.59. The maximum absolute atomic E-state index is 12.3. The molecule has 5 nitrogen and oxygen atoms in total. The first kappa shape index (κ1) is 17.3. The summed E-state index contributed by atoms with van der Waals surface area (Å²) in [6.07, 6.45) is 0.524. The second kappa shape index (κ2) is 6.76. The van der Waals surface area contributed by atoms with Gasteiger partial charge in [-0.2, -0.15) is 0 Å². The van der Waals surface area contributed by atoms with Gasteiger partial charge in [0.2, 0.25) is 0 Å². The van der Waals surface area contributed by atoms with Gasteiger partial charge in [0.15, 0.2) is 5.60 Å². The Balaban J connectivity index is 1.97. The molecule has 0 unspecified atom stereocenters. The molecule has 0 saturated carbocycles. The van der Waals surface area contributed by atoms with Gasteiger partial charge in [0.25, 0.3) is 0 Å². The number of hydroxylamine groups is 1. The number of anilines is 2. The Bertz CT molecular complexity index is 730. The molecular formula is C20H24N2O3. The van der Waals surface area contributed by atoms with Gasteiger partial charge >= 0.3 is 5.97 Å². The molecule has 1 aliphatic heterocycles. The van der Waals surface area contributed by atoms with E-state index in [0.717, 1.165) is 16.9 Å². The van der Waals surface area contributed by atoms with Crippen molar-refractivity contribution in [2.45, 2.75) is 25.0 Å². The fraction of sp³-hybridized carbons (Fsp3) is 0.350. The summed E-state index contributed by atoms with van der Waals surface area (Å²) in [4.78, 5) is 20.4. The van der Waals surface area contributed by atoms with E-state index in [0.29, 0.717) is 6.42 Å². The molecule has 0 aliphatic carbocycles. The summed E-state index contributed by atoms with van der Waals surface area (Å²) in [5.74, 6) is -0.360. The number of hydrogen-bond donors (Lipinski definition) is 0. The molecular weight excluding hydrogens is 316 g/mol. The van der Waals surface area contributed by atoms with Crippen molar-refractivity contribution >= 4 is 17.3 Å². The number of hydrogen-bond acceptors (Lipinski definition) is 5. The Hall–Kier alpha value is -2.53. The van der Waals surface area contributed by atoms with Crippen LogP contribution in [0.15, 0.2) is 54.6 Å². The zero-order chi connectivity index (χ0) is 18.0. The predicted molar refractivity (Wildman–Crippen MR) is 98.6 cm³/mol. The van der Waals surface area contributed by atoms with Gasteiger partial charge < -0.3 is 9.64 Å². The van der Waals surface area contributed by atoms with Gasteiger partial charge in [-0.15, -0.1) is 0 Å². The monoisotopic (exact) mass is 340 g/mol. The average molecular weight is 340 g/mol. The Kier molecular flexibility index (Phi) is 4.68. The van der Waals surface area contributed by atoms with E-state index in [1.165, 1.54) is 7.11 Å². The minimum absolute atomic E-state index is 0.0669. The van der Waals surface area contributed by atoms with Crippen LogP contribution < -0.4 is 9.96 Å². The lowest BCUT2D eigenvalue weighted by Gasteiger charge is -2.26. The highest BCUT2D eigenvalue weighted by Gasteiger charge is 2.49. The van der Waals surface area contributed by atoms with Crippen LogP contribution in [0.1, 0.15) is 24.9 Å². The van der Waals surface area contributed by atoms with Gasteiger partial charge in [-0.25, -0.2) is 9.86 Å². The lowest BCUT2D eigenvalue weighted by atomic mass is 9.93. The Morgan fingerprint density at radius 3 is 2.36 bits per heavy atom. The van der Waals surface area contributed by atoms with Crippen LogP contribution in [0.4, 0.5) is 11.4 Å². The van der Waals surface area contributed by atoms with Gasteiger partial charge in [0, 0.05) is 26.2 Å². The first-order chi connectivity index (χ1) is 11.9. The predicted octanol–water partition coefficient (Wildman–Crippen LogP) is 3.57. The molecule has 1 aliphatic rings. The molecule has 0 bridgehead atoms. The number of nitrogens with zero attached hydrogens (tertiary/aromatic N) is 2. The number of ether oxygens (including phenoxy) is 1. The van der Waals surface area contributed by atoms with Gasteiger partial charge in [-0.1, -0.05) is 30.3 Å². The third kappa shape index (κ3) is 3.33. The number of esters is 1. The lowest BCUT2D eigenvalue weighted by molar-refractivity contribution is -0.163. The molecule has 2 aromatic rings. The van der Waals surface area contributed by atoms with Crippen LogP contribution in [-0.4, -0.2) is 32.8 Å². The molecule has 132 valence electrons. The van der Waals surface area contributed by atoms with Crippen LogP contribution in [0.5, 0.6) is 0 Å². The smallest absolute Gasteiger partial charge is 0.340 e. The van der Waals surface area contributed by atoms with E-state index < -0.39 is 5.60 Å². The second-order valence-electron chi connectivity index (χ2n) is 6.68. The summed E-state index contributed by atoms with van der Waals surface area (Å²) < 4.78 is 4.96. The normalized spacial score (nSPS) is 22.7. The number of rotatable bonds is 4. The van der Waals surface area contributed by atoms with Crippen molar-refractivity contribution in [2.75, 3.05) is 31.2 Å². The first-order valence-corrected chi connectivity index (χ1v) is 8.34. The topological polar surface area (TPSA) is 42.0 Å². The average Bonchev–Trinajstić information content (AvgIpc) is 3.01. The number of benzene rings is 2. The lowest BCUT2D eigenvalue weighted by Crippen LogP contribution is -2.37. The summed E-state index contributed by atoms with van der Waals surface area (Å²) in [7, 11) is 5.42. The van der Waals surface area contributed by atoms with Crippen LogP contribution >= 0.6 is 0 Å². The van der Waals surface area contributed by atoms with Crippen molar-refractivity contribution in [1.82, 2.24) is 0 Å². The van der Waals surface area contributed by atoms with Crippen molar-refractivity contribution in [3.8, 4) is 0 Å². The Morgan fingerprint density at radius 1 is 1.16 bits per heavy atom. The standard InChI is InChI=1S/C20H24N2O3/c1-20(19(23)24-4)14-18(15-10-12-16(13-11-15)21(2)3)22(25-20)17-8-6-5-7-9-17/h5-13,18H,14H2,1-4H3/t18-,20+/m1/s1. The highest BCUT2D eigenvalue weighted by Crippen LogP contribution is 2.43. The highest BCUT2D eigenvalue weighted by molar-refractivity contribution is 5.80. The van der Waals surface area contributed by atoms with E-state index in [1.54, 1.807) is 6.92 Å². The third-order valence-electron chi connectivity index (χ3n) is 4.59. The molecule has 1 saturated heterocycles. The van der Waals surface area contributed by atoms with Crippen LogP contribution in [0.3, 0.4) is 0 Å². The van der Waals surface area contributed by atoms with E-state index in [1.807, 2.05) is 49.5 Å². The molecule has 2 aromatic carbocycles. The molecule has 1 heterocycles. The molecule has 0 spiro atoms. The van der Waals surface area contributed by atoms with E-state index in [2.05, 4.69) is 29.2 Å². The Morgan fingerprint density at radius 2 is 1.80 bits per heavy atom. The summed E-state index contributed by atoms with van der Waals surface area (Å²) in [5, 5.41) is 1.82. The molecule has 25 heavy (non-hydrogen) atoms. The molecule has 0 N–H and O–H groups in total. The molecule has 1 fully saturated rings. The largest absolute Gasteiger partial charge is 0.467 e. The van der Waals surface area contributed by atoms with Gasteiger partial charge in [-0.3, -0.25) is 4.84 Å². The van der Waals surface area contributed by atoms with Crippen LogP contribution in [0.25, 0.3) is 0 Å². The zero-order valence-electron chi connectivity index (χ0n) is 15.1. The number of carbonyl (C=O) groups excluding carboxylic acids is 1. The molecule has 0 radical (unpaired) electrons. The first-order valence-electron chi connectivity index (χ1n) is 8.34. The van der Waals surface area contributed by atoms with Gasteiger partial charge in [0.05, 0.1) is 18.8 Å². The Labute approximate surface area is 148 Å². The summed E-state index contributed by atoms with van der Waals surface area (Å²) in [6, 6.07) is 18.1. The molecule has 3 rings (SSSR count). The van der Waals surface area contributed by atoms with Crippen LogP contribution in [-0.2, 0) is 14.4 Å². The molecule has 2 atom stereocenters. The van der Waals surface area contributed by atoms with E-state index in [-0.39, 0.29) is 12.0 Å². The van der Waals surface area contributed by atoms with Crippen LogP contribution in [0.2, 0.25) is 0 Å². The number of para-hydroxylation sites is 1. The minimum atomic E-state index is -1.00. The zero-order valence-corrected chi connectivity index (χ0v) is 15.1. The SMILES string of the molecule is COC(=O)[C@]1(C)C[C@H](c2ccc(N(C)C)cc2)N(c2ccccc2)O1. The number of carbonyl (C=O) groups is 1. The van der Waals surface area contributed by atoms with Crippen molar-refractivity contribution in [3.05, 3.63) is 60.2 Å². The summed E-state index contributed by atoms with van der Waals surface area (Å²) in [6.45, 7) is 1.78. The fourth-order valence-electron chi connectivity index (χ4n) is 3.16. The van der Waals surface area contributed by atoms with Crippen molar-refractivity contribution < 1.29 is 14.4 Å². The summed E-state index contributed by atoms with van der Waals surface area (Å²) >= 11 is 0. The fourth-order valence-corrected chi connectivity index (χ4v) is 3.16. The van der Waals surface area contributed by atoms with E-state index >= 15 is 0 Å². The van der Waals surface area contributed by atoms with Crippen molar-refractivity contribution in [3.63, 3.8) is 0 Å². The molecule has 0 aromatic heterocycles. The second-order valence-corrected chi connectivity index (χ2v) is 6.68. The quantitative estimate of drug-likeness (QED) is 0.796. The minimum Gasteiger partial charge on any atom is -0.467 e. The van der Waals surface area contributed by atoms with Crippen molar-refractivity contribution in [1.29, 1.82) is 0 Å². The van der Waals surface area contributed by atoms with E-state index in [4.69, 9.17) is 9.57 Å². The molecule has 0 amide bonds. The maximum Gasteiger partial charge on any atom is 0.340 e. The van der Waals surface area contributed by atoms with Crippen LogP contribution in [0, 0.1) is 0 Å².